The number of hydrogen-bond donors (Lipinski definition) is 0. The zero-order chi connectivity index (χ0) is 14.1. The van der Waals surface area contributed by atoms with E-state index in [1.807, 2.05) is 42.5 Å². The van der Waals surface area contributed by atoms with E-state index in [-0.39, 0.29) is 0 Å². The van der Waals surface area contributed by atoms with E-state index in [4.69, 9.17) is 9.72 Å². The van der Waals surface area contributed by atoms with Gasteiger partial charge in [-0.25, -0.2) is 4.98 Å². The predicted molar refractivity (Wildman–Crippen MR) is 86.2 cm³/mol. The van der Waals surface area contributed by atoms with Crippen LogP contribution in [0.15, 0.2) is 53.0 Å². The Kier molecular flexibility index (Phi) is 3.45. The van der Waals surface area contributed by atoms with Crippen molar-refractivity contribution >= 4 is 26.8 Å². The molecule has 0 saturated heterocycles. The molecule has 0 atom stereocenters. The first-order valence-corrected chi connectivity index (χ1v) is 7.19. The fraction of sp³-hybridized carbons (Fsp3) is 0.118. The smallest absolute Gasteiger partial charge is 0.119 e. The molecule has 3 rings (SSSR count). The van der Waals surface area contributed by atoms with Crippen molar-refractivity contribution in [3.05, 3.63) is 58.6 Å². The van der Waals surface area contributed by atoms with Crippen molar-refractivity contribution in [2.75, 3.05) is 7.11 Å². The molecule has 2 nitrogen and oxygen atoms in total. The summed E-state index contributed by atoms with van der Waals surface area (Å²) in [5.74, 6) is 0.835. The lowest BCUT2D eigenvalue weighted by Crippen LogP contribution is -1.92. The molecule has 1 heterocycles. The Morgan fingerprint density at radius 2 is 1.85 bits per heavy atom. The van der Waals surface area contributed by atoms with Crippen LogP contribution in [0, 0.1) is 6.92 Å². The van der Waals surface area contributed by atoms with Crippen LogP contribution >= 0.6 is 15.9 Å². The quantitative estimate of drug-likeness (QED) is 0.662. The highest BCUT2D eigenvalue weighted by Gasteiger charge is 2.11. The molecular weight excluding hydrogens is 314 g/mol. The summed E-state index contributed by atoms with van der Waals surface area (Å²) in [5.41, 5.74) is 4.20. The number of hydrogen-bond acceptors (Lipinski definition) is 2. The minimum absolute atomic E-state index is 0.835. The number of para-hydroxylation sites is 1. The first-order valence-electron chi connectivity index (χ1n) is 6.40. The van der Waals surface area contributed by atoms with E-state index in [1.54, 1.807) is 7.11 Å². The molecule has 0 N–H and O–H groups in total. The summed E-state index contributed by atoms with van der Waals surface area (Å²) in [4.78, 5) is 4.78. The second-order valence-electron chi connectivity index (χ2n) is 4.65. The number of methoxy groups -OCH3 is 1. The number of pyridine rings is 1. The Morgan fingerprint density at radius 1 is 1.05 bits per heavy atom. The lowest BCUT2D eigenvalue weighted by molar-refractivity contribution is 0.415. The molecule has 0 aliphatic carbocycles. The highest BCUT2D eigenvalue weighted by molar-refractivity contribution is 9.10. The van der Waals surface area contributed by atoms with E-state index in [1.165, 1.54) is 10.9 Å². The largest absolute Gasteiger partial charge is 0.497 e. The van der Waals surface area contributed by atoms with Gasteiger partial charge in [0.15, 0.2) is 0 Å². The van der Waals surface area contributed by atoms with Crippen LogP contribution in [0.2, 0.25) is 0 Å². The maximum absolute atomic E-state index is 5.29. The van der Waals surface area contributed by atoms with Crippen LogP contribution in [-0.2, 0) is 0 Å². The number of nitrogens with zero attached hydrogens (tertiary/aromatic N) is 1. The third-order valence-corrected chi connectivity index (χ3v) is 4.39. The first-order chi connectivity index (χ1) is 9.70. The maximum atomic E-state index is 5.29. The summed E-state index contributed by atoms with van der Waals surface area (Å²) in [6.07, 6.45) is 0. The second-order valence-corrected chi connectivity index (χ2v) is 5.44. The van der Waals surface area contributed by atoms with Crippen molar-refractivity contribution in [3.8, 4) is 17.0 Å². The Morgan fingerprint density at radius 3 is 2.65 bits per heavy atom. The van der Waals surface area contributed by atoms with E-state index in [0.29, 0.717) is 0 Å². The van der Waals surface area contributed by atoms with Gasteiger partial charge in [0.2, 0.25) is 0 Å². The standard InChI is InChI=1S/C17H14BrNO/c1-11-14-8-3-4-9-15(14)19-17(16(11)18)12-6-5-7-13(10-12)20-2/h3-10H,1-2H3. The molecule has 0 saturated carbocycles. The average molecular weight is 328 g/mol. The Hall–Kier alpha value is -1.87. The molecule has 3 heteroatoms. The molecule has 3 aromatic rings. The van der Waals surface area contributed by atoms with E-state index < -0.39 is 0 Å². The normalized spacial score (nSPS) is 10.8. The van der Waals surface area contributed by atoms with Gasteiger partial charge in [-0.15, -0.1) is 0 Å². The predicted octanol–water partition coefficient (Wildman–Crippen LogP) is 4.98. The summed E-state index contributed by atoms with van der Waals surface area (Å²) < 4.78 is 6.32. The van der Waals surface area contributed by atoms with Gasteiger partial charge in [-0.3, -0.25) is 0 Å². The number of rotatable bonds is 2. The van der Waals surface area contributed by atoms with Gasteiger partial charge < -0.3 is 4.74 Å². The fourth-order valence-electron chi connectivity index (χ4n) is 2.32. The summed E-state index contributed by atoms with van der Waals surface area (Å²) in [6, 6.07) is 16.1. The van der Waals surface area contributed by atoms with Crippen molar-refractivity contribution in [1.29, 1.82) is 0 Å². The van der Waals surface area contributed by atoms with Gasteiger partial charge in [0.25, 0.3) is 0 Å². The molecule has 100 valence electrons. The lowest BCUT2D eigenvalue weighted by Gasteiger charge is -2.11. The molecule has 0 fully saturated rings. The second kappa shape index (κ2) is 5.25. The monoisotopic (exact) mass is 327 g/mol. The maximum Gasteiger partial charge on any atom is 0.119 e. The zero-order valence-corrected chi connectivity index (χ0v) is 12.9. The Bertz CT molecular complexity index is 783. The SMILES string of the molecule is COc1cccc(-c2nc3ccccc3c(C)c2Br)c1. The molecule has 1 aromatic heterocycles. The molecule has 0 radical (unpaired) electrons. The molecule has 20 heavy (non-hydrogen) atoms. The molecule has 0 unspecified atom stereocenters. The van der Waals surface area contributed by atoms with Crippen LogP contribution in [-0.4, -0.2) is 12.1 Å². The van der Waals surface area contributed by atoms with Gasteiger partial charge in [-0.2, -0.15) is 0 Å². The fourth-order valence-corrected chi connectivity index (χ4v) is 2.85. The van der Waals surface area contributed by atoms with Gasteiger partial charge in [0, 0.05) is 15.4 Å². The number of fused-ring (bicyclic) bond motifs is 1. The van der Waals surface area contributed by atoms with Crippen molar-refractivity contribution in [2.45, 2.75) is 6.92 Å². The van der Waals surface area contributed by atoms with Crippen LogP contribution < -0.4 is 4.74 Å². The average Bonchev–Trinajstić information content (AvgIpc) is 2.51. The van der Waals surface area contributed by atoms with Crippen LogP contribution in [0.5, 0.6) is 5.75 Å². The number of aromatic nitrogens is 1. The number of aryl methyl sites for hydroxylation is 1. The third-order valence-electron chi connectivity index (χ3n) is 3.42. The molecule has 0 aliphatic rings. The highest BCUT2D eigenvalue weighted by atomic mass is 79.9. The van der Waals surface area contributed by atoms with Crippen LogP contribution in [0.1, 0.15) is 5.56 Å². The van der Waals surface area contributed by atoms with Gasteiger partial charge in [0.05, 0.1) is 18.3 Å². The van der Waals surface area contributed by atoms with Crippen molar-refractivity contribution in [2.24, 2.45) is 0 Å². The first kappa shape index (κ1) is 13.1. The third kappa shape index (κ3) is 2.18. The Labute approximate surface area is 126 Å². The molecule has 0 aliphatic heterocycles. The van der Waals surface area contributed by atoms with Crippen LogP contribution in [0.3, 0.4) is 0 Å². The summed E-state index contributed by atoms with van der Waals surface area (Å²) in [6.45, 7) is 2.11. The van der Waals surface area contributed by atoms with Gasteiger partial charge >= 0.3 is 0 Å². The minimum Gasteiger partial charge on any atom is -0.497 e. The van der Waals surface area contributed by atoms with E-state index in [9.17, 15) is 0 Å². The van der Waals surface area contributed by atoms with Crippen molar-refractivity contribution < 1.29 is 4.74 Å². The van der Waals surface area contributed by atoms with Gasteiger partial charge in [-0.1, -0.05) is 30.3 Å². The van der Waals surface area contributed by atoms with E-state index in [2.05, 4.69) is 28.9 Å². The summed E-state index contributed by atoms with van der Waals surface area (Å²) in [7, 11) is 1.67. The summed E-state index contributed by atoms with van der Waals surface area (Å²) >= 11 is 3.68. The van der Waals surface area contributed by atoms with Crippen molar-refractivity contribution in [3.63, 3.8) is 0 Å². The lowest BCUT2D eigenvalue weighted by atomic mass is 10.0. The van der Waals surface area contributed by atoms with E-state index >= 15 is 0 Å². The zero-order valence-electron chi connectivity index (χ0n) is 11.4. The number of halogens is 1. The minimum atomic E-state index is 0.835. The number of benzene rings is 2. The van der Waals surface area contributed by atoms with Crippen LogP contribution in [0.25, 0.3) is 22.2 Å². The van der Waals surface area contributed by atoms with Crippen molar-refractivity contribution in [1.82, 2.24) is 4.98 Å². The summed E-state index contributed by atoms with van der Waals surface area (Å²) in [5, 5.41) is 1.17. The molecule has 0 amide bonds. The topological polar surface area (TPSA) is 22.1 Å². The molecule has 0 bridgehead atoms. The molecule has 0 spiro atoms. The molecular formula is C17H14BrNO. The Balaban J connectivity index is 2.28. The number of ether oxygens (including phenoxy) is 1. The van der Waals surface area contributed by atoms with Gasteiger partial charge in [0.1, 0.15) is 5.75 Å². The highest BCUT2D eigenvalue weighted by Crippen LogP contribution is 2.34. The van der Waals surface area contributed by atoms with Crippen LogP contribution in [0.4, 0.5) is 0 Å². The van der Waals surface area contributed by atoms with Gasteiger partial charge in [-0.05, 0) is 46.6 Å². The van der Waals surface area contributed by atoms with E-state index in [0.717, 1.165) is 27.0 Å². The molecule has 2 aromatic carbocycles.